The maximum Gasteiger partial charge on any atom is 0.255 e. The summed E-state index contributed by atoms with van der Waals surface area (Å²) in [6.07, 6.45) is 0. The predicted octanol–water partition coefficient (Wildman–Crippen LogP) is 8.34. The Morgan fingerprint density at radius 2 is 1.24 bits per heavy atom. The molecule has 0 aliphatic heterocycles. The van der Waals surface area contributed by atoms with Gasteiger partial charge in [0, 0.05) is 32.8 Å². The predicted molar refractivity (Wildman–Crippen MR) is 182 cm³/mol. The number of anilines is 2. The van der Waals surface area contributed by atoms with E-state index >= 15 is 0 Å². The summed E-state index contributed by atoms with van der Waals surface area (Å²) in [7, 11) is 0. The summed E-state index contributed by atoms with van der Waals surface area (Å²) in [4.78, 5) is 54.7. The van der Waals surface area contributed by atoms with Gasteiger partial charge < -0.3 is 10.6 Å². The Hall–Kier alpha value is -5.79. The Bertz CT molecular complexity index is 2180. The zero-order valence-electron chi connectivity index (χ0n) is 24.4. The molecule has 222 valence electrons. The molecule has 46 heavy (non-hydrogen) atoms. The highest BCUT2D eigenvalue weighted by molar-refractivity contribution is 8.00. The van der Waals surface area contributed by atoms with Crippen molar-refractivity contribution in [1.82, 2.24) is 0 Å². The van der Waals surface area contributed by atoms with Crippen LogP contribution in [0.25, 0.3) is 10.8 Å². The summed E-state index contributed by atoms with van der Waals surface area (Å²) in [6, 6.07) is 41.8. The van der Waals surface area contributed by atoms with Crippen molar-refractivity contribution in [2.45, 2.75) is 10.1 Å². The van der Waals surface area contributed by atoms with Gasteiger partial charge >= 0.3 is 0 Å². The molecule has 1 aliphatic rings. The molecule has 1 atom stereocenters. The van der Waals surface area contributed by atoms with E-state index in [2.05, 4.69) is 10.6 Å². The summed E-state index contributed by atoms with van der Waals surface area (Å²) < 4.78 is 0. The minimum absolute atomic E-state index is 0.190. The minimum atomic E-state index is -0.704. The van der Waals surface area contributed by atoms with Crippen LogP contribution in [0.1, 0.15) is 53.0 Å². The second-order valence-electron chi connectivity index (χ2n) is 10.9. The van der Waals surface area contributed by atoms with Gasteiger partial charge in [0.1, 0.15) is 5.25 Å². The highest BCUT2D eigenvalue weighted by Crippen LogP contribution is 2.39. The van der Waals surface area contributed by atoms with Gasteiger partial charge in [-0.15, -0.1) is 11.8 Å². The lowest BCUT2D eigenvalue weighted by molar-refractivity contribution is -0.115. The third kappa shape index (κ3) is 5.60. The average molecular weight is 619 g/mol. The van der Waals surface area contributed by atoms with Gasteiger partial charge in [0.25, 0.3) is 5.91 Å². The molecule has 0 saturated carbocycles. The summed E-state index contributed by atoms with van der Waals surface area (Å²) in [6.45, 7) is 0. The molecule has 0 bridgehead atoms. The molecule has 6 nitrogen and oxygen atoms in total. The number of thioether (sulfide) groups is 1. The number of benzene rings is 6. The maximum absolute atomic E-state index is 14.0. The first-order valence-electron chi connectivity index (χ1n) is 14.7. The van der Waals surface area contributed by atoms with Gasteiger partial charge in [0.05, 0.1) is 11.3 Å². The second kappa shape index (κ2) is 12.3. The van der Waals surface area contributed by atoms with Crippen LogP contribution in [-0.2, 0) is 4.79 Å². The largest absolute Gasteiger partial charge is 0.324 e. The summed E-state index contributed by atoms with van der Waals surface area (Å²) in [5.41, 5.74) is 3.30. The van der Waals surface area contributed by atoms with Gasteiger partial charge in [-0.05, 0) is 52.7 Å². The standard InChI is InChI=1S/C39H26N2O4S/c42-35-30-16-6-7-17-31(30)36(43)34-32(35)18-9-19-33(34)41-39(45)37(25-11-2-1-3-12-25)46-29-15-8-14-28(23-29)40-38(44)27-21-20-24-10-4-5-13-26(24)22-27/h1-23,37H,(H,40,44)(H,41,45). The summed E-state index contributed by atoms with van der Waals surface area (Å²) in [5.74, 6) is -1.15. The molecule has 1 unspecified atom stereocenters. The van der Waals surface area contributed by atoms with Crippen molar-refractivity contribution in [3.63, 3.8) is 0 Å². The first kappa shape index (κ1) is 29.0. The van der Waals surface area contributed by atoms with Crippen LogP contribution in [0.3, 0.4) is 0 Å². The number of ketones is 2. The van der Waals surface area contributed by atoms with Gasteiger partial charge in [-0.3, -0.25) is 19.2 Å². The summed E-state index contributed by atoms with van der Waals surface area (Å²) >= 11 is 1.32. The summed E-state index contributed by atoms with van der Waals surface area (Å²) in [5, 5.41) is 7.25. The van der Waals surface area contributed by atoms with Crippen LogP contribution in [0.5, 0.6) is 0 Å². The lowest BCUT2D eigenvalue weighted by atomic mass is 9.83. The molecule has 0 saturated heterocycles. The number of carbonyl (C=O) groups excluding carboxylic acids is 4. The lowest BCUT2D eigenvalue weighted by Crippen LogP contribution is -2.25. The van der Waals surface area contributed by atoms with Crippen LogP contribution in [0, 0.1) is 0 Å². The SMILES string of the molecule is O=C(Nc1cccc(SC(C(=O)Nc2cccc3c2C(=O)c2ccccc2C3=O)c2ccccc2)c1)c1ccc2ccccc2c1. The molecule has 0 spiro atoms. The monoisotopic (exact) mass is 618 g/mol. The van der Waals surface area contributed by atoms with Crippen LogP contribution in [0.4, 0.5) is 11.4 Å². The second-order valence-corrected chi connectivity index (χ2v) is 12.1. The normalized spacial score (nSPS) is 12.6. The van der Waals surface area contributed by atoms with Crippen LogP contribution in [-0.4, -0.2) is 23.4 Å². The molecule has 6 aromatic carbocycles. The maximum atomic E-state index is 14.0. The van der Waals surface area contributed by atoms with Gasteiger partial charge in [-0.25, -0.2) is 0 Å². The van der Waals surface area contributed by atoms with E-state index in [1.54, 1.807) is 54.6 Å². The van der Waals surface area contributed by atoms with Gasteiger partial charge in [-0.2, -0.15) is 0 Å². The van der Waals surface area contributed by atoms with Crippen molar-refractivity contribution in [3.05, 3.63) is 173 Å². The Morgan fingerprint density at radius 1 is 0.565 bits per heavy atom. The van der Waals surface area contributed by atoms with Crippen LogP contribution < -0.4 is 10.6 Å². The van der Waals surface area contributed by atoms with E-state index < -0.39 is 5.25 Å². The van der Waals surface area contributed by atoms with E-state index in [9.17, 15) is 19.2 Å². The highest BCUT2D eigenvalue weighted by atomic mass is 32.2. The third-order valence-corrected chi connectivity index (χ3v) is 9.16. The Labute approximate surface area is 269 Å². The number of nitrogens with one attached hydrogen (secondary N) is 2. The first-order valence-corrected chi connectivity index (χ1v) is 15.6. The number of hydrogen-bond acceptors (Lipinski definition) is 5. The number of rotatable bonds is 7. The quantitative estimate of drug-likeness (QED) is 0.175. The third-order valence-electron chi connectivity index (χ3n) is 7.91. The first-order chi connectivity index (χ1) is 22.5. The van der Waals surface area contributed by atoms with E-state index in [-0.39, 0.29) is 40.2 Å². The molecule has 2 N–H and O–H groups in total. The Balaban J connectivity index is 1.15. The van der Waals surface area contributed by atoms with E-state index in [1.807, 2.05) is 84.9 Å². The molecule has 7 heteroatoms. The number of amides is 2. The van der Waals surface area contributed by atoms with Crippen LogP contribution in [0.15, 0.2) is 144 Å². The molecule has 0 aromatic heterocycles. The van der Waals surface area contributed by atoms with Crippen molar-refractivity contribution in [2.75, 3.05) is 10.6 Å². The fourth-order valence-electron chi connectivity index (χ4n) is 5.67. The number of fused-ring (bicyclic) bond motifs is 3. The molecule has 6 aromatic rings. The zero-order chi connectivity index (χ0) is 31.6. The highest BCUT2D eigenvalue weighted by Gasteiger charge is 2.32. The molecule has 7 rings (SSSR count). The van der Waals surface area contributed by atoms with Crippen molar-refractivity contribution in [2.24, 2.45) is 0 Å². The fourth-order valence-corrected chi connectivity index (χ4v) is 6.75. The van der Waals surface area contributed by atoms with Gasteiger partial charge in [0.15, 0.2) is 11.6 Å². The Kier molecular flexibility index (Phi) is 7.74. The van der Waals surface area contributed by atoms with Crippen molar-refractivity contribution >= 4 is 57.3 Å². The molecule has 0 heterocycles. The van der Waals surface area contributed by atoms with E-state index in [0.29, 0.717) is 22.4 Å². The molecule has 0 radical (unpaired) electrons. The Morgan fingerprint density at radius 3 is 2.04 bits per heavy atom. The fraction of sp³-hybridized carbons (Fsp3) is 0.0256. The molecular formula is C39H26N2O4S. The van der Waals surface area contributed by atoms with Crippen LogP contribution in [0.2, 0.25) is 0 Å². The topological polar surface area (TPSA) is 92.3 Å². The van der Waals surface area contributed by atoms with E-state index in [0.717, 1.165) is 21.2 Å². The average Bonchev–Trinajstić information content (AvgIpc) is 3.09. The molecule has 0 fully saturated rings. The molecule has 1 aliphatic carbocycles. The molecule has 2 amide bonds. The number of carbonyl (C=O) groups is 4. The van der Waals surface area contributed by atoms with Crippen molar-refractivity contribution in [1.29, 1.82) is 0 Å². The van der Waals surface area contributed by atoms with Gasteiger partial charge in [0.2, 0.25) is 5.91 Å². The molecular weight excluding hydrogens is 593 g/mol. The number of hydrogen-bond donors (Lipinski definition) is 2. The van der Waals surface area contributed by atoms with Crippen molar-refractivity contribution < 1.29 is 19.2 Å². The van der Waals surface area contributed by atoms with Gasteiger partial charge in [-0.1, -0.05) is 103 Å². The van der Waals surface area contributed by atoms with E-state index in [1.165, 1.54) is 11.8 Å². The van der Waals surface area contributed by atoms with Crippen LogP contribution >= 0.6 is 11.8 Å². The zero-order valence-corrected chi connectivity index (χ0v) is 25.2. The van der Waals surface area contributed by atoms with Crippen molar-refractivity contribution in [3.8, 4) is 0 Å². The lowest BCUT2D eigenvalue weighted by Gasteiger charge is -2.22. The van der Waals surface area contributed by atoms with E-state index in [4.69, 9.17) is 0 Å². The smallest absolute Gasteiger partial charge is 0.255 e. The minimum Gasteiger partial charge on any atom is -0.324 e.